The summed E-state index contributed by atoms with van der Waals surface area (Å²) in [5, 5.41) is 35.4. The van der Waals surface area contributed by atoms with E-state index in [1.54, 1.807) is 61.0 Å². The number of amides is 4. The zero-order valence-electron chi connectivity index (χ0n) is 36.7. The van der Waals surface area contributed by atoms with Crippen molar-refractivity contribution in [2.75, 3.05) is 53.6 Å². The van der Waals surface area contributed by atoms with E-state index in [4.69, 9.17) is 18.9 Å². The summed E-state index contributed by atoms with van der Waals surface area (Å²) < 4.78 is 27.0. The van der Waals surface area contributed by atoms with Crippen LogP contribution in [0.15, 0.2) is 0 Å². The van der Waals surface area contributed by atoms with Gasteiger partial charge < -0.3 is 50.0 Å². The Morgan fingerprint density at radius 3 is 1.42 bits per heavy atom. The first-order chi connectivity index (χ1) is 28.9. The Morgan fingerprint density at radius 1 is 0.650 bits per heavy atom. The topological polar surface area (TPSA) is 247 Å². The number of hydrogen-bond acceptors (Lipinski definition) is 16. The molecule has 2 aromatic heterocycles. The monoisotopic (exact) mass is 849 g/mol. The van der Waals surface area contributed by atoms with Crippen LogP contribution in [0, 0.1) is 0 Å². The van der Waals surface area contributed by atoms with Crippen molar-refractivity contribution in [1.82, 2.24) is 71.5 Å². The predicted octanol–water partition coefficient (Wildman–Crippen LogP) is -0.305. The number of likely N-dealkylation sites (N-methyl/N-ethyl adjacent to an activating group) is 2. The van der Waals surface area contributed by atoms with E-state index in [1.165, 1.54) is 0 Å². The maximum absolute atomic E-state index is 14.3. The molecular weight excluding hydrogens is 781 g/mol. The molecule has 60 heavy (non-hydrogen) atoms. The van der Waals surface area contributed by atoms with Crippen molar-refractivity contribution in [3.63, 3.8) is 0 Å². The second-order valence-corrected chi connectivity index (χ2v) is 15.5. The standard InChI is InChI=1S/C38H68N14O8/c1-9-11-19-59-37-43-45-47-51(37)23-29-15-13-17-49(29)35(55)31(41-33(53)25(3)39-7)27(5)57-21-22-58-28(6)32(42-34(54)26(4)40-8)36(56)50-18-14-16-30(50)24-52-38(44-46-48-52)60-20-12-10-2/h25-32,39-40H,9-24H2,1-8H3,(H,41,53)(H,42,54). The lowest BCUT2D eigenvalue weighted by molar-refractivity contribution is -0.144. The number of aromatic nitrogens is 8. The maximum atomic E-state index is 14.3. The van der Waals surface area contributed by atoms with Crippen LogP contribution >= 0.6 is 0 Å². The van der Waals surface area contributed by atoms with Crippen LogP contribution in [0.3, 0.4) is 0 Å². The van der Waals surface area contributed by atoms with Crippen LogP contribution in [0.2, 0.25) is 0 Å². The second-order valence-electron chi connectivity index (χ2n) is 15.5. The van der Waals surface area contributed by atoms with Crippen LogP contribution in [-0.4, -0.2) is 176 Å². The molecule has 22 heteroatoms. The summed E-state index contributed by atoms with van der Waals surface area (Å²) in [7, 11) is 3.33. The molecule has 2 fully saturated rings. The number of ether oxygens (including phenoxy) is 4. The molecule has 22 nitrogen and oxygen atoms in total. The van der Waals surface area contributed by atoms with E-state index in [0.29, 0.717) is 51.4 Å². The van der Waals surface area contributed by atoms with Crippen molar-refractivity contribution in [3.05, 3.63) is 0 Å². The number of unbranched alkanes of at least 4 members (excludes halogenated alkanes) is 2. The van der Waals surface area contributed by atoms with Gasteiger partial charge in [0.15, 0.2) is 0 Å². The van der Waals surface area contributed by atoms with Crippen LogP contribution in [0.1, 0.15) is 92.9 Å². The highest BCUT2D eigenvalue weighted by atomic mass is 16.5. The fourth-order valence-electron chi connectivity index (χ4n) is 7.07. The minimum absolute atomic E-state index is 0.0352. The van der Waals surface area contributed by atoms with Gasteiger partial charge in [0.1, 0.15) is 12.1 Å². The number of rotatable bonds is 27. The Labute approximate surface area is 352 Å². The van der Waals surface area contributed by atoms with E-state index in [-0.39, 0.29) is 48.9 Å². The molecule has 0 bridgehead atoms. The first-order valence-corrected chi connectivity index (χ1v) is 21.5. The highest BCUT2D eigenvalue weighted by Gasteiger charge is 2.40. The van der Waals surface area contributed by atoms with Gasteiger partial charge in [0.2, 0.25) is 23.6 Å². The fraction of sp³-hybridized carbons (Fsp3) is 0.842. The summed E-state index contributed by atoms with van der Waals surface area (Å²) in [5.41, 5.74) is 0. The molecule has 8 atom stereocenters. The zero-order chi connectivity index (χ0) is 43.6. The third-order valence-electron chi connectivity index (χ3n) is 11.1. The first kappa shape index (κ1) is 48.1. The van der Waals surface area contributed by atoms with Gasteiger partial charge in [0.05, 0.1) is 75.9 Å². The smallest absolute Gasteiger partial charge is 0.335 e. The first-order valence-electron chi connectivity index (χ1n) is 21.5. The van der Waals surface area contributed by atoms with Gasteiger partial charge in [-0.15, -0.1) is 0 Å². The van der Waals surface area contributed by atoms with E-state index in [2.05, 4.69) is 66.2 Å². The average molecular weight is 849 g/mol. The van der Waals surface area contributed by atoms with Crippen molar-refractivity contribution in [1.29, 1.82) is 0 Å². The summed E-state index contributed by atoms with van der Waals surface area (Å²) in [5.74, 6) is -1.28. The Morgan fingerprint density at radius 2 is 1.05 bits per heavy atom. The van der Waals surface area contributed by atoms with Crippen molar-refractivity contribution in [2.24, 2.45) is 0 Å². The molecule has 4 rings (SSSR count). The third-order valence-corrected chi connectivity index (χ3v) is 11.1. The van der Waals surface area contributed by atoms with Crippen molar-refractivity contribution < 1.29 is 38.1 Å². The van der Waals surface area contributed by atoms with Crippen LogP contribution < -0.4 is 30.7 Å². The number of carbonyl (C=O) groups is 4. The highest BCUT2D eigenvalue weighted by Crippen LogP contribution is 2.24. The Balaban J connectivity index is 1.41. The van der Waals surface area contributed by atoms with Gasteiger partial charge in [-0.2, -0.15) is 9.36 Å². The van der Waals surface area contributed by atoms with E-state index in [9.17, 15) is 19.2 Å². The quantitative estimate of drug-likeness (QED) is 0.0843. The number of nitrogens with zero attached hydrogens (tertiary/aromatic N) is 10. The van der Waals surface area contributed by atoms with Crippen molar-refractivity contribution in [3.8, 4) is 12.0 Å². The fourth-order valence-corrected chi connectivity index (χ4v) is 7.07. The minimum Gasteiger partial charge on any atom is -0.463 e. The summed E-state index contributed by atoms with van der Waals surface area (Å²) >= 11 is 0. The van der Waals surface area contributed by atoms with Gasteiger partial charge in [0, 0.05) is 13.1 Å². The Bertz CT molecular complexity index is 1510. The van der Waals surface area contributed by atoms with E-state index in [1.807, 2.05) is 0 Å². The number of tetrazole rings is 2. The molecule has 0 saturated carbocycles. The summed E-state index contributed by atoms with van der Waals surface area (Å²) in [6.07, 6.45) is 5.13. The lowest BCUT2D eigenvalue weighted by Gasteiger charge is -2.33. The molecule has 0 aliphatic carbocycles. The molecule has 338 valence electrons. The molecule has 2 saturated heterocycles. The Kier molecular flexibility index (Phi) is 19.8. The zero-order valence-corrected chi connectivity index (χ0v) is 36.7. The van der Waals surface area contributed by atoms with Crippen LogP contribution in [-0.2, 0) is 41.7 Å². The van der Waals surface area contributed by atoms with Gasteiger partial charge >= 0.3 is 12.0 Å². The number of nitrogens with one attached hydrogen (secondary N) is 4. The lowest BCUT2D eigenvalue weighted by atomic mass is 10.1. The van der Waals surface area contributed by atoms with Crippen LogP contribution in [0.25, 0.3) is 0 Å². The van der Waals surface area contributed by atoms with Gasteiger partial charge in [-0.25, -0.2) is 0 Å². The predicted molar refractivity (Wildman–Crippen MR) is 218 cm³/mol. The van der Waals surface area contributed by atoms with Gasteiger partial charge in [0.25, 0.3) is 0 Å². The summed E-state index contributed by atoms with van der Waals surface area (Å²) in [4.78, 5) is 58.4. The molecule has 2 aliphatic rings. The average Bonchev–Trinajstić information content (AvgIpc) is 4.09. The SMILES string of the molecule is CCCCOc1nnnn1CC1CCCN1C(=O)C(NC(=O)C(C)NC)C(C)OCCOC(C)C(NC(=O)C(C)NC)C(=O)N1CCCC1Cn1nnnc1OCCCC. The second kappa shape index (κ2) is 24.7. The normalized spacial score (nSPS) is 19.7. The van der Waals surface area contributed by atoms with E-state index >= 15 is 0 Å². The highest BCUT2D eigenvalue weighted by molar-refractivity contribution is 5.91. The maximum Gasteiger partial charge on any atom is 0.335 e. The van der Waals surface area contributed by atoms with Crippen LogP contribution in [0.4, 0.5) is 0 Å². The molecule has 0 aromatic carbocycles. The molecule has 4 amide bonds. The van der Waals surface area contributed by atoms with Crippen molar-refractivity contribution >= 4 is 23.6 Å². The van der Waals surface area contributed by atoms with E-state index in [0.717, 1.165) is 51.4 Å². The molecule has 4 N–H and O–H groups in total. The molecule has 2 aliphatic heterocycles. The molecule has 0 spiro atoms. The molecule has 8 unspecified atom stereocenters. The summed E-state index contributed by atoms with van der Waals surface area (Å²) in [6.45, 7) is 13.7. The minimum atomic E-state index is -1.01. The van der Waals surface area contributed by atoms with Gasteiger partial charge in [-0.3, -0.25) is 19.2 Å². The van der Waals surface area contributed by atoms with Crippen LogP contribution in [0.5, 0.6) is 12.0 Å². The number of carbonyl (C=O) groups excluding carboxylic acids is 4. The van der Waals surface area contributed by atoms with Gasteiger partial charge in [-0.1, -0.05) is 36.9 Å². The lowest BCUT2D eigenvalue weighted by Crippen LogP contribution is -2.58. The largest absolute Gasteiger partial charge is 0.463 e. The number of likely N-dealkylation sites (tertiary alicyclic amines) is 2. The molecular formula is C38H68N14O8. The third kappa shape index (κ3) is 13.5. The summed E-state index contributed by atoms with van der Waals surface area (Å²) in [6, 6.07) is -3.01. The molecule has 2 aromatic rings. The molecule has 0 radical (unpaired) electrons. The molecule has 4 heterocycles. The Hall–Kier alpha value is -4.54. The van der Waals surface area contributed by atoms with Gasteiger partial charge in [-0.05, 0) is 101 Å². The number of hydrogen-bond donors (Lipinski definition) is 4. The van der Waals surface area contributed by atoms with Crippen molar-refractivity contribution in [2.45, 2.75) is 154 Å². The van der Waals surface area contributed by atoms with E-state index < -0.39 is 36.4 Å².